The van der Waals surface area contributed by atoms with Crippen LogP contribution >= 0.6 is 0 Å². The van der Waals surface area contributed by atoms with Gasteiger partial charge < -0.3 is 10.2 Å². The van der Waals surface area contributed by atoms with Crippen molar-refractivity contribution in [1.29, 1.82) is 0 Å². The summed E-state index contributed by atoms with van der Waals surface area (Å²) in [7, 11) is 0. The normalized spacial score (nSPS) is 22.0. The molecular formula is C16H19FN2O2. The molecule has 0 bridgehead atoms. The lowest BCUT2D eigenvalue weighted by Crippen LogP contribution is -2.41. The molecule has 2 fully saturated rings. The maximum atomic E-state index is 12.8. The lowest BCUT2D eigenvalue weighted by Gasteiger charge is -2.29. The first-order valence-electron chi connectivity index (χ1n) is 7.49. The Morgan fingerprint density at radius 1 is 1.14 bits per heavy atom. The van der Waals surface area contributed by atoms with Crippen molar-refractivity contribution in [3.63, 3.8) is 0 Å². The van der Waals surface area contributed by atoms with Crippen molar-refractivity contribution in [2.75, 3.05) is 13.1 Å². The zero-order chi connectivity index (χ0) is 14.8. The third-order valence-corrected chi connectivity index (χ3v) is 4.40. The summed E-state index contributed by atoms with van der Waals surface area (Å²) in [5.74, 6) is -0.126. The maximum Gasteiger partial charge on any atom is 0.251 e. The summed E-state index contributed by atoms with van der Waals surface area (Å²) in [6, 6.07) is 5.48. The fourth-order valence-corrected chi connectivity index (χ4v) is 2.86. The first-order chi connectivity index (χ1) is 10.1. The van der Waals surface area contributed by atoms with Crippen molar-refractivity contribution in [3.05, 3.63) is 35.6 Å². The number of carbonyl (C=O) groups is 2. The van der Waals surface area contributed by atoms with E-state index in [0.717, 1.165) is 25.7 Å². The van der Waals surface area contributed by atoms with Crippen LogP contribution in [0.1, 0.15) is 36.0 Å². The molecule has 2 aliphatic rings. The summed E-state index contributed by atoms with van der Waals surface area (Å²) in [4.78, 5) is 26.1. The number of amides is 2. The molecule has 1 saturated heterocycles. The Hall–Kier alpha value is -1.91. The van der Waals surface area contributed by atoms with E-state index in [1.54, 1.807) is 0 Å². The molecule has 0 spiro atoms. The summed E-state index contributed by atoms with van der Waals surface area (Å²) in [5.41, 5.74) is 0.445. The van der Waals surface area contributed by atoms with Crippen LogP contribution in [0.4, 0.5) is 4.39 Å². The zero-order valence-electron chi connectivity index (χ0n) is 11.8. The van der Waals surface area contributed by atoms with Gasteiger partial charge in [-0.15, -0.1) is 0 Å². The van der Waals surface area contributed by atoms with Gasteiger partial charge in [-0.2, -0.15) is 0 Å². The van der Waals surface area contributed by atoms with Crippen LogP contribution in [0.25, 0.3) is 0 Å². The first kappa shape index (κ1) is 14.0. The predicted molar refractivity (Wildman–Crippen MR) is 76.2 cm³/mol. The first-order valence-corrected chi connectivity index (χ1v) is 7.49. The van der Waals surface area contributed by atoms with Gasteiger partial charge in [-0.1, -0.05) is 6.42 Å². The Kier molecular flexibility index (Phi) is 3.90. The molecular weight excluding hydrogens is 271 g/mol. The second-order valence-electron chi connectivity index (χ2n) is 5.88. The number of nitrogens with one attached hydrogen (secondary N) is 1. The Bertz CT molecular complexity index is 540. The fourth-order valence-electron chi connectivity index (χ4n) is 2.86. The van der Waals surface area contributed by atoms with Gasteiger partial charge in [0, 0.05) is 30.6 Å². The highest BCUT2D eigenvalue weighted by molar-refractivity contribution is 5.94. The van der Waals surface area contributed by atoms with E-state index in [1.165, 1.54) is 24.3 Å². The number of likely N-dealkylation sites (tertiary alicyclic amines) is 1. The second kappa shape index (κ2) is 5.84. The number of benzene rings is 1. The number of hydrogen-bond acceptors (Lipinski definition) is 2. The van der Waals surface area contributed by atoms with Crippen LogP contribution in [-0.4, -0.2) is 35.8 Å². The van der Waals surface area contributed by atoms with Crippen LogP contribution in [0.15, 0.2) is 24.3 Å². The molecule has 1 aromatic rings. The smallest absolute Gasteiger partial charge is 0.251 e. The third-order valence-electron chi connectivity index (χ3n) is 4.40. The topological polar surface area (TPSA) is 49.4 Å². The summed E-state index contributed by atoms with van der Waals surface area (Å²) < 4.78 is 12.8. The zero-order valence-corrected chi connectivity index (χ0v) is 11.8. The van der Waals surface area contributed by atoms with Gasteiger partial charge in [0.25, 0.3) is 5.91 Å². The standard InChI is InChI=1S/C16H19FN2O2/c17-13-6-4-11(5-7-13)15(20)18-14-8-9-19(10-14)16(21)12-2-1-3-12/h4-7,12,14H,1-3,8-10H2,(H,18,20)/t14-/m1/s1. The van der Waals surface area contributed by atoms with Crippen LogP contribution in [0.5, 0.6) is 0 Å². The molecule has 21 heavy (non-hydrogen) atoms. The van der Waals surface area contributed by atoms with Crippen molar-refractivity contribution in [1.82, 2.24) is 10.2 Å². The number of halogens is 1. The maximum absolute atomic E-state index is 12.8. The Morgan fingerprint density at radius 3 is 2.48 bits per heavy atom. The monoisotopic (exact) mass is 290 g/mol. The van der Waals surface area contributed by atoms with Gasteiger partial charge in [-0.3, -0.25) is 9.59 Å². The lowest BCUT2D eigenvalue weighted by atomic mass is 9.84. The van der Waals surface area contributed by atoms with Gasteiger partial charge in [0.2, 0.25) is 5.91 Å². The molecule has 3 rings (SSSR count). The van der Waals surface area contributed by atoms with Gasteiger partial charge in [0.1, 0.15) is 5.82 Å². The SMILES string of the molecule is O=C(N[C@@H]1CCN(C(=O)C2CCC2)C1)c1ccc(F)cc1. The molecule has 0 aromatic heterocycles. The van der Waals surface area contributed by atoms with Crippen LogP contribution in [-0.2, 0) is 4.79 Å². The fraction of sp³-hybridized carbons (Fsp3) is 0.500. The van der Waals surface area contributed by atoms with Crippen LogP contribution in [0.3, 0.4) is 0 Å². The van der Waals surface area contributed by atoms with E-state index in [2.05, 4.69) is 5.32 Å². The van der Waals surface area contributed by atoms with Crippen LogP contribution < -0.4 is 5.32 Å². The summed E-state index contributed by atoms with van der Waals surface area (Å²) in [5, 5.41) is 2.92. The molecule has 1 atom stereocenters. The van der Waals surface area contributed by atoms with Gasteiger partial charge in [0.05, 0.1) is 0 Å². The molecule has 5 heteroatoms. The number of nitrogens with zero attached hydrogens (tertiary/aromatic N) is 1. The molecule has 1 heterocycles. The third kappa shape index (κ3) is 3.06. The quantitative estimate of drug-likeness (QED) is 0.925. The molecule has 2 amide bonds. The molecule has 1 aliphatic carbocycles. The van der Waals surface area contributed by atoms with E-state index < -0.39 is 0 Å². The van der Waals surface area contributed by atoms with E-state index >= 15 is 0 Å². The van der Waals surface area contributed by atoms with Gasteiger partial charge >= 0.3 is 0 Å². The molecule has 0 radical (unpaired) electrons. The summed E-state index contributed by atoms with van der Waals surface area (Å²) in [6.07, 6.45) is 3.93. The highest BCUT2D eigenvalue weighted by Crippen LogP contribution is 2.29. The van der Waals surface area contributed by atoms with E-state index in [4.69, 9.17) is 0 Å². The van der Waals surface area contributed by atoms with E-state index in [0.29, 0.717) is 18.7 Å². The van der Waals surface area contributed by atoms with E-state index in [9.17, 15) is 14.0 Å². The number of rotatable bonds is 3. The average molecular weight is 290 g/mol. The molecule has 1 saturated carbocycles. The molecule has 1 N–H and O–H groups in total. The second-order valence-corrected chi connectivity index (χ2v) is 5.88. The minimum atomic E-state index is -0.357. The van der Waals surface area contributed by atoms with Crippen LogP contribution in [0, 0.1) is 11.7 Å². The largest absolute Gasteiger partial charge is 0.347 e. The molecule has 112 valence electrons. The van der Waals surface area contributed by atoms with Crippen LogP contribution in [0.2, 0.25) is 0 Å². The van der Waals surface area contributed by atoms with Gasteiger partial charge in [-0.05, 0) is 43.5 Å². The predicted octanol–water partition coefficient (Wildman–Crippen LogP) is 1.96. The number of carbonyl (C=O) groups excluding carboxylic acids is 2. The Morgan fingerprint density at radius 2 is 1.86 bits per heavy atom. The lowest BCUT2D eigenvalue weighted by molar-refractivity contribution is -0.137. The number of hydrogen-bond donors (Lipinski definition) is 1. The Labute approximate surface area is 123 Å². The molecule has 0 unspecified atom stereocenters. The van der Waals surface area contributed by atoms with Gasteiger partial charge in [-0.25, -0.2) is 4.39 Å². The van der Waals surface area contributed by atoms with Crippen molar-refractivity contribution in [2.45, 2.75) is 31.7 Å². The van der Waals surface area contributed by atoms with Crippen molar-refractivity contribution < 1.29 is 14.0 Å². The Balaban J connectivity index is 1.53. The minimum absolute atomic E-state index is 0.00780. The summed E-state index contributed by atoms with van der Waals surface area (Å²) in [6.45, 7) is 1.30. The average Bonchev–Trinajstić information content (AvgIpc) is 2.86. The molecule has 1 aromatic carbocycles. The molecule has 4 nitrogen and oxygen atoms in total. The van der Waals surface area contributed by atoms with Crippen molar-refractivity contribution >= 4 is 11.8 Å². The van der Waals surface area contributed by atoms with E-state index in [-0.39, 0.29) is 29.6 Å². The highest BCUT2D eigenvalue weighted by atomic mass is 19.1. The minimum Gasteiger partial charge on any atom is -0.347 e. The highest BCUT2D eigenvalue weighted by Gasteiger charge is 2.34. The molecule has 1 aliphatic heterocycles. The van der Waals surface area contributed by atoms with Crippen molar-refractivity contribution in [2.24, 2.45) is 5.92 Å². The summed E-state index contributed by atoms with van der Waals surface area (Å²) >= 11 is 0. The van der Waals surface area contributed by atoms with Gasteiger partial charge in [0.15, 0.2) is 0 Å². The van der Waals surface area contributed by atoms with Crippen molar-refractivity contribution in [3.8, 4) is 0 Å². The van der Waals surface area contributed by atoms with E-state index in [1.807, 2.05) is 4.90 Å².